The first kappa shape index (κ1) is 25.1. The minimum Gasteiger partial charge on any atom is -0.493 e. The van der Waals surface area contributed by atoms with Gasteiger partial charge in [0.1, 0.15) is 5.75 Å². The van der Waals surface area contributed by atoms with Gasteiger partial charge in [0, 0.05) is 0 Å². The van der Waals surface area contributed by atoms with E-state index in [1.807, 2.05) is 6.07 Å². The molecule has 0 aromatic heterocycles. The van der Waals surface area contributed by atoms with Crippen LogP contribution in [0.25, 0.3) is 0 Å². The zero-order valence-electron chi connectivity index (χ0n) is 18.7. The fraction of sp³-hybridized carbons (Fsp3) is 0.120. The molecular weight excluding hydrogens is 472 g/mol. The molecule has 0 atom stereocenters. The number of nitrogens with zero attached hydrogens (tertiary/aromatic N) is 2. The summed E-state index contributed by atoms with van der Waals surface area (Å²) in [6.07, 6.45) is 1.43. The second-order valence-corrected chi connectivity index (χ2v) is 7.35. The van der Waals surface area contributed by atoms with Crippen LogP contribution in [0.5, 0.6) is 17.2 Å². The summed E-state index contributed by atoms with van der Waals surface area (Å²) in [7, 11) is 1.47. The summed E-state index contributed by atoms with van der Waals surface area (Å²) in [5, 5.41) is 15.8. The summed E-state index contributed by atoms with van der Waals surface area (Å²) >= 11 is 6.04. The van der Waals surface area contributed by atoms with Gasteiger partial charge in [-0.3, -0.25) is 9.59 Å². The van der Waals surface area contributed by atoms with E-state index in [9.17, 15) is 9.59 Å². The van der Waals surface area contributed by atoms with E-state index in [0.717, 1.165) is 0 Å². The number of rotatable bonds is 10. The maximum Gasteiger partial charge on any atom is 0.277 e. The number of hydrazone groups is 1. The molecule has 178 valence electrons. The second kappa shape index (κ2) is 12.6. The van der Waals surface area contributed by atoms with Gasteiger partial charge in [-0.25, -0.2) is 5.43 Å². The molecule has 0 fully saturated rings. The van der Waals surface area contributed by atoms with E-state index < -0.39 is 5.91 Å². The summed E-state index contributed by atoms with van der Waals surface area (Å²) in [4.78, 5) is 24.1. The first-order valence-electron chi connectivity index (χ1n) is 10.3. The van der Waals surface area contributed by atoms with Crippen molar-refractivity contribution in [3.8, 4) is 23.3 Å². The molecule has 0 saturated carbocycles. The van der Waals surface area contributed by atoms with Crippen molar-refractivity contribution in [2.24, 2.45) is 5.10 Å². The van der Waals surface area contributed by atoms with Crippen molar-refractivity contribution in [1.29, 1.82) is 5.26 Å². The highest BCUT2D eigenvalue weighted by Crippen LogP contribution is 2.28. The third kappa shape index (κ3) is 7.77. The fourth-order valence-corrected chi connectivity index (χ4v) is 2.94. The molecule has 2 amide bonds. The molecule has 0 spiro atoms. The van der Waals surface area contributed by atoms with Crippen molar-refractivity contribution in [1.82, 2.24) is 5.43 Å². The van der Waals surface area contributed by atoms with E-state index in [4.69, 9.17) is 31.1 Å². The molecule has 35 heavy (non-hydrogen) atoms. The molecule has 0 aliphatic heterocycles. The third-order valence-electron chi connectivity index (χ3n) is 4.45. The fourth-order valence-electron chi connectivity index (χ4n) is 2.76. The van der Waals surface area contributed by atoms with Crippen LogP contribution in [0.3, 0.4) is 0 Å². The molecule has 0 heterocycles. The second-order valence-electron chi connectivity index (χ2n) is 6.95. The van der Waals surface area contributed by atoms with Gasteiger partial charge >= 0.3 is 0 Å². The monoisotopic (exact) mass is 492 g/mol. The van der Waals surface area contributed by atoms with E-state index in [1.165, 1.54) is 13.3 Å². The Morgan fingerprint density at radius 2 is 1.74 bits per heavy atom. The number of anilines is 1. The van der Waals surface area contributed by atoms with Gasteiger partial charge in [-0.2, -0.15) is 10.4 Å². The van der Waals surface area contributed by atoms with Crippen molar-refractivity contribution in [2.75, 3.05) is 25.6 Å². The number of hydrogen-bond acceptors (Lipinski definition) is 7. The summed E-state index contributed by atoms with van der Waals surface area (Å²) in [5.74, 6) is 0.372. The number of halogens is 1. The number of benzene rings is 3. The van der Waals surface area contributed by atoms with Gasteiger partial charge in [-0.1, -0.05) is 23.7 Å². The molecule has 0 aliphatic carbocycles. The largest absolute Gasteiger partial charge is 0.493 e. The first-order valence-corrected chi connectivity index (χ1v) is 10.7. The zero-order chi connectivity index (χ0) is 25.0. The van der Waals surface area contributed by atoms with E-state index in [2.05, 4.69) is 15.8 Å². The number of para-hydroxylation sites is 1. The highest BCUT2D eigenvalue weighted by atomic mass is 35.5. The Hall–Kier alpha value is -4.55. The Morgan fingerprint density at radius 3 is 2.46 bits per heavy atom. The number of hydrogen-bond donors (Lipinski definition) is 2. The van der Waals surface area contributed by atoms with Crippen molar-refractivity contribution in [3.05, 3.63) is 82.9 Å². The Balaban J connectivity index is 1.48. The molecule has 3 aromatic rings. The molecule has 0 saturated heterocycles. The summed E-state index contributed by atoms with van der Waals surface area (Å²) < 4.78 is 16.2. The Kier molecular flexibility index (Phi) is 9.05. The molecule has 10 heteroatoms. The summed E-state index contributed by atoms with van der Waals surface area (Å²) in [6, 6.07) is 20.2. The Labute approximate surface area is 206 Å². The molecule has 3 rings (SSSR count). The predicted octanol–water partition coefficient (Wildman–Crippen LogP) is 3.77. The predicted molar refractivity (Wildman–Crippen MR) is 131 cm³/mol. The van der Waals surface area contributed by atoms with Gasteiger partial charge in [-0.15, -0.1) is 0 Å². The Bertz CT molecular complexity index is 1260. The molecule has 3 aromatic carbocycles. The van der Waals surface area contributed by atoms with Gasteiger partial charge < -0.3 is 19.5 Å². The van der Waals surface area contributed by atoms with Crippen LogP contribution in [0.4, 0.5) is 5.69 Å². The van der Waals surface area contributed by atoms with Crippen LogP contribution in [0, 0.1) is 11.3 Å². The van der Waals surface area contributed by atoms with Crippen LogP contribution in [0.15, 0.2) is 71.8 Å². The van der Waals surface area contributed by atoms with E-state index in [-0.39, 0.29) is 19.1 Å². The molecule has 0 bridgehead atoms. The topological polar surface area (TPSA) is 122 Å². The molecular formula is C25H21ClN4O5. The van der Waals surface area contributed by atoms with Crippen LogP contribution < -0.4 is 25.0 Å². The maximum absolute atomic E-state index is 12.2. The van der Waals surface area contributed by atoms with Crippen LogP contribution >= 0.6 is 11.6 Å². The molecule has 0 aliphatic rings. The number of methoxy groups -OCH3 is 1. The number of ether oxygens (including phenoxy) is 3. The number of carbonyl (C=O) groups excluding carboxylic acids is 2. The van der Waals surface area contributed by atoms with Gasteiger partial charge in [0.15, 0.2) is 24.7 Å². The lowest BCUT2D eigenvalue weighted by molar-refractivity contribution is -0.123. The minimum absolute atomic E-state index is 0.240. The molecule has 9 nitrogen and oxygen atoms in total. The molecule has 0 unspecified atom stereocenters. The van der Waals surface area contributed by atoms with Crippen molar-refractivity contribution >= 4 is 35.3 Å². The van der Waals surface area contributed by atoms with Crippen LogP contribution in [-0.2, 0) is 9.59 Å². The van der Waals surface area contributed by atoms with Crippen LogP contribution in [0.1, 0.15) is 11.1 Å². The first-order chi connectivity index (χ1) is 17.0. The SMILES string of the molecule is COc1cc(/C=N/NC(=O)COc2ccc(C#N)cc2)ccc1OCC(=O)Nc1ccccc1Cl. The lowest BCUT2D eigenvalue weighted by Crippen LogP contribution is -2.24. The number of carbonyl (C=O) groups is 2. The molecule has 2 N–H and O–H groups in total. The Morgan fingerprint density at radius 1 is 1.00 bits per heavy atom. The zero-order valence-corrected chi connectivity index (χ0v) is 19.4. The highest BCUT2D eigenvalue weighted by molar-refractivity contribution is 6.33. The summed E-state index contributed by atoms with van der Waals surface area (Å²) in [6.45, 7) is -0.486. The van der Waals surface area contributed by atoms with Gasteiger partial charge in [0.2, 0.25) is 0 Å². The quantitative estimate of drug-likeness (QED) is 0.328. The number of nitriles is 1. The van der Waals surface area contributed by atoms with Gasteiger partial charge in [0.05, 0.1) is 35.7 Å². The minimum atomic E-state index is -0.456. The number of amides is 2. The van der Waals surface area contributed by atoms with Crippen molar-refractivity contribution in [2.45, 2.75) is 0 Å². The van der Waals surface area contributed by atoms with Crippen molar-refractivity contribution in [3.63, 3.8) is 0 Å². The van der Waals surface area contributed by atoms with Crippen LogP contribution in [0.2, 0.25) is 5.02 Å². The van der Waals surface area contributed by atoms with Crippen LogP contribution in [-0.4, -0.2) is 38.4 Å². The average Bonchev–Trinajstić information content (AvgIpc) is 2.88. The van der Waals surface area contributed by atoms with Gasteiger partial charge in [0.25, 0.3) is 11.8 Å². The maximum atomic E-state index is 12.2. The summed E-state index contributed by atoms with van der Waals surface area (Å²) in [5.41, 5.74) is 3.98. The van der Waals surface area contributed by atoms with Gasteiger partial charge in [-0.05, 0) is 60.2 Å². The normalized spacial score (nSPS) is 10.3. The third-order valence-corrected chi connectivity index (χ3v) is 4.78. The molecule has 0 radical (unpaired) electrons. The standard InChI is InChI=1S/C25H21ClN4O5/c1-33-23-12-18(14-28-30-25(32)16-34-19-9-6-17(13-27)7-10-19)8-11-22(23)35-15-24(31)29-21-5-3-2-4-20(21)26/h2-12,14H,15-16H2,1H3,(H,29,31)(H,30,32)/b28-14+. The van der Waals surface area contributed by atoms with E-state index in [0.29, 0.717) is 39.1 Å². The average molecular weight is 493 g/mol. The smallest absolute Gasteiger partial charge is 0.277 e. The number of nitrogens with one attached hydrogen (secondary N) is 2. The van der Waals surface area contributed by atoms with Crippen molar-refractivity contribution < 1.29 is 23.8 Å². The van der Waals surface area contributed by atoms with E-state index >= 15 is 0 Å². The highest BCUT2D eigenvalue weighted by Gasteiger charge is 2.10. The van der Waals surface area contributed by atoms with E-state index in [1.54, 1.807) is 66.7 Å². The lowest BCUT2D eigenvalue weighted by atomic mass is 10.2. The lowest BCUT2D eigenvalue weighted by Gasteiger charge is -2.12.